The first-order chi connectivity index (χ1) is 12.4. The zero-order valence-electron chi connectivity index (χ0n) is 15.2. The Kier molecular flexibility index (Phi) is 5.38. The number of H-pyrrole nitrogens is 1. The molecule has 8 heteroatoms. The minimum Gasteiger partial charge on any atom is -0.253 e. The van der Waals surface area contributed by atoms with E-state index in [9.17, 15) is 0 Å². The number of halogens is 1. The minimum atomic E-state index is 0.417. The fourth-order valence-corrected chi connectivity index (χ4v) is 3.06. The number of nitrogens with one attached hydrogen (secondary N) is 1. The molecule has 0 amide bonds. The average molecular weight is 389 g/mol. The van der Waals surface area contributed by atoms with Crippen LogP contribution in [0.15, 0.2) is 29.4 Å². The molecule has 6 nitrogen and oxygen atoms in total. The lowest BCUT2D eigenvalue weighted by Crippen LogP contribution is -2.06. The van der Waals surface area contributed by atoms with Crippen molar-refractivity contribution in [3.63, 3.8) is 0 Å². The third-order valence-corrected chi connectivity index (χ3v) is 4.57. The maximum absolute atomic E-state index is 6.48. The van der Waals surface area contributed by atoms with Crippen LogP contribution >= 0.6 is 23.8 Å². The molecule has 0 radical (unpaired) electrons. The van der Waals surface area contributed by atoms with Crippen molar-refractivity contribution in [2.24, 2.45) is 11.0 Å². The normalized spacial score (nSPS) is 11.8. The molecule has 2 aromatic heterocycles. The van der Waals surface area contributed by atoms with Gasteiger partial charge < -0.3 is 0 Å². The van der Waals surface area contributed by atoms with Gasteiger partial charge in [0.15, 0.2) is 5.82 Å². The van der Waals surface area contributed by atoms with Crippen molar-refractivity contribution < 1.29 is 0 Å². The van der Waals surface area contributed by atoms with Gasteiger partial charge in [0.1, 0.15) is 5.15 Å². The van der Waals surface area contributed by atoms with Crippen molar-refractivity contribution in [1.29, 1.82) is 0 Å². The van der Waals surface area contributed by atoms with Crippen LogP contribution < -0.4 is 0 Å². The molecule has 0 spiro atoms. The molecule has 1 aromatic carbocycles. The van der Waals surface area contributed by atoms with E-state index in [2.05, 4.69) is 34.2 Å². The highest BCUT2D eigenvalue weighted by atomic mass is 35.5. The smallest absolute Gasteiger partial charge is 0.216 e. The molecule has 1 N–H and O–H groups in total. The molecule has 0 saturated heterocycles. The summed E-state index contributed by atoms with van der Waals surface area (Å²) in [5.41, 5.74) is 3.72. The molecular weight excluding hydrogens is 368 g/mol. The predicted octanol–water partition coefficient (Wildman–Crippen LogP) is 4.61. The van der Waals surface area contributed by atoms with Crippen molar-refractivity contribution >= 4 is 30.0 Å². The Morgan fingerprint density at radius 3 is 2.62 bits per heavy atom. The van der Waals surface area contributed by atoms with Crippen LogP contribution in [0.1, 0.15) is 30.7 Å². The molecule has 0 aliphatic rings. The van der Waals surface area contributed by atoms with Gasteiger partial charge in [-0.3, -0.25) is 4.68 Å². The monoisotopic (exact) mass is 388 g/mol. The molecule has 26 heavy (non-hydrogen) atoms. The number of rotatable bonds is 5. The van der Waals surface area contributed by atoms with Gasteiger partial charge in [-0.2, -0.15) is 20.0 Å². The van der Waals surface area contributed by atoms with Gasteiger partial charge in [-0.1, -0.05) is 55.3 Å². The number of aromatic nitrogens is 5. The van der Waals surface area contributed by atoms with E-state index in [4.69, 9.17) is 23.8 Å². The second kappa shape index (κ2) is 7.55. The Morgan fingerprint density at radius 1 is 1.27 bits per heavy atom. The zero-order valence-corrected chi connectivity index (χ0v) is 16.8. The van der Waals surface area contributed by atoms with Crippen molar-refractivity contribution in [2.45, 2.75) is 34.2 Å². The van der Waals surface area contributed by atoms with E-state index in [0.717, 1.165) is 23.4 Å². The van der Waals surface area contributed by atoms with Crippen LogP contribution in [-0.2, 0) is 6.54 Å². The summed E-state index contributed by atoms with van der Waals surface area (Å²) in [4.78, 5) is 0. The molecule has 2 heterocycles. The highest BCUT2D eigenvalue weighted by Crippen LogP contribution is 2.21. The molecule has 0 aliphatic heterocycles. The van der Waals surface area contributed by atoms with Crippen LogP contribution in [0.25, 0.3) is 11.4 Å². The summed E-state index contributed by atoms with van der Waals surface area (Å²) < 4.78 is 3.81. The molecule has 0 saturated carbocycles. The number of nitrogens with zero attached hydrogens (tertiary/aromatic N) is 5. The summed E-state index contributed by atoms with van der Waals surface area (Å²) in [6.45, 7) is 8.96. The van der Waals surface area contributed by atoms with Gasteiger partial charge >= 0.3 is 0 Å². The fourth-order valence-electron chi connectivity index (χ4n) is 2.58. The third kappa shape index (κ3) is 3.78. The van der Waals surface area contributed by atoms with Gasteiger partial charge in [-0.05, 0) is 32.0 Å². The van der Waals surface area contributed by atoms with Crippen LogP contribution in [0, 0.1) is 24.5 Å². The molecule has 136 valence electrons. The van der Waals surface area contributed by atoms with Crippen LogP contribution in [0.2, 0.25) is 5.15 Å². The van der Waals surface area contributed by atoms with Gasteiger partial charge in [-0.15, -0.1) is 0 Å². The Bertz CT molecular complexity index is 994. The molecule has 0 aliphatic carbocycles. The van der Waals surface area contributed by atoms with Crippen molar-refractivity contribution in [2.75, 3.05) is 0 Å². The van der Waals surface area contributed by atoms with E-state index >= 15 is 0 Å². The first-order valence-electron chi connectivity index (χ1n) is 8.38. The Balaban J connectivity index is 1.98. The van der Waals surface area contributed by atoms with Gasteiger partial charge in [0, 0.05) is 12.1 Å². The van der Waals surface area contributed by atoms with Crippen molar-refractivity contribution in [1.82, 2.24) is 24.7 Å². The fraction of sp³-hybridized carbons (Fsp3) is 0.333. The van der Waals surface area contributed by atoms with Crippen molar-refractivity contribution in [3.05, 3.63) is 51.0 Å². The lowest BCUT2D eigenvalue weighted by Gasteiger charge is -2.05. The number of benzene rings is 1. The minimum absolute atomic E-state index is 0.417. The summed E-state index contributed by atoms with van der Waals surface area (Å²) in [5.74, 6) is 1.10. The molecular formula is C18H21ClN6S. The summed E-state index contributed by atoms with van der Waals surface area (Å²) in [7, 11) is 0. The maximum atomic E-state index is 6.48. The van der Waals surface area contributed by atoms with E-state index in [1.165, 1.54) is 5.56 Å². The maximum Gasteiger partial charge on any atom is 0.216 e. The highest BCUT2D eigenvalue weighted by molar-refractivity contribution is 7.71. The quantitative estimate of drug-likeness (QED) is 0.512. The number of hydrogen-bond acceptors (Lipinski definition) is 4. The topological polar surface area (TPSA) is 63.8 Å². The van der Waals surface area contributed by atoms with Crippen molar-refractivity contribution in [3.8, 4) is 11.4 Å². The summed E-state index contributed by atoms with van der Waals surface area (Å²) in [5, 5.41) is 16.7. The predicted molar refractivity (Wildman–Crippen MR) is 107 cm³/mol. The second-order valence-corrected chi connectivity index (χ2v) is 7.39. The molecule has 0 bridgehead atoms. The van der Waals surface area contributed by atoms with Gasteiger partial charge in [0.25, 0.3) is 0 Å². The summed E-state index contributed by atoms with van der Waals surface area (Å²) >= 11 is 11.8. The largest absolute Gasteiger partial charge is 0.253 e. The third-order valence-electron chi connectivity index (χ3n) is 3.91. The molecule has 3 rings (SSSR count). The van der Waals surface area contributed by atoms with E-state index in [0.29, 0.717) is 21.7 Å². The van der Waals surface area contributed by atoms with Crippen LogP contribution in [0.5, 0.6) is 0 Å². The second-order valence-electron chi connectivity index (χ2n) is 6.64. The van der Waals surface area contributed by atoms with E-state index in [1.807, 2.05) is 38.1 Å². The molecule has 3 aromatic rings. The van der Waals surface area contributed by atoms with E-state index in [1.54, 1.807) is 15.6 Å². The molecule has 0 fully saturated rings. The summed E-state index contributed by atoms with van der Waals surface area (Å²) in [6, 6.07) is 8.03. The average Bonchev–Trinajstić information content (AvgIpc) is 3.07. The number of aromatic amines is 1. The number of aryl methyl sites for hydroxylation is 2. The Labute approximate surface area is 162 Å². The van der Waals surface area contributed by atoms with Crippen LogP contribution in [-0.4, -0.2) is 30.9 Å². The molecule has 0 unspecified atom stereocenters. The van der Waals surface area contributed by atoms with E-state index < -0.39 is 0 Å². The first kappa shape index (κ1) is 18.5. The zero-order chi connectivity index (χ0) is 18.8. The van der Waals surface area contributed by atoms with Crippen LogP contribution in [0.4, 0.5) is 0 Å². The van der Waals surface area contributed by atoms with E-state index in [-0.39, 0.29) is 0 Å². The standard InChI is InChI=1S/C18H21ClN6S/c1-11(2)10-24-16(19)15(13(4)23-24)9-20-25-17(21-22-18(25)26)14-7-5-12(3)6-8-14/h5-9,11H,10H2,1-4H3,(H,22,26)/b20-9-. The van der Waals surface area contributed by atoms with Gasteiger partial charge in [0.2, 0.25) is 4.77 Å². The summed E-state index contributed by atoms with van der Waals surface area (Å²) in [6.07, 6.45) is 1.69. The first-order valence-corrected chi connectivity index (χ1v) is 9.17. The lowest BCUT2D eigenvalue weighted by molar-refractivity contribution is 0.482. The Morgan fingerprint density at radius 2 is 1.96 bits per heavy atom. The van der Waals surface area contributed by atoms with Crippen LogP contribution in [0.3, 0.4) is 0 Å². The van der Waals surface area contributed by atoms with Gasteiger partial charge in [-0.25, -0.2) is 5.10 Å². The highest BCUT2D eigenvalue weighted by Gasteiger charge is 2.13. The number of hydrogen-bond donors (Lipinski definition) is 1. The van der Waals surface area contributed by atoms with Gasteiger partial charge in [0.05, 0.1) is 17.5 Å². The lowest BCUT2D eigenvalue weighted by atomic mass is 10.1. The Hall–Kier alpha value is -2.25. The molecule has 0 atom stereocenters. The SMILES string of the molecule is Cc1ccc(-c2n[nH]c(=S)n2/N=C\c2c(C)nn(CC(C)C)c2Cl)cc1.